The fraction of sp³-hybridized carbons (Fsp3) is 0.417. The average molecular weight is 354 g/mol. The lowest BCUT2D eigenvalue weighted by atomic mass is 10.2. The van der Waals surface area contributed by atoms with Crippen LogP contribution in [0.25, 0.3) is 10.8 Å². The van der Waals surface area contributed by atoms with Crippen LogP contribution in [0, 0.1) is 11.3 Å². The monoisotopic (exact) mass is 353 g/mol. The van der Waals surface area contributed by atoms with E-state index in [0.717, 1.165) is 21.8 Å². The Bertz CT molecular complexity index is 634. The molecule has 1 aliphatic heterocycles. The lowest BCUT2D eigenvalue weighted by molar-refractivity contribution is 0.173. The summed E-state index contributed by atoms with van der Waals surface area (Å²) in [4.78, 5) is 2.99. The van der Waals surface area contributed by atoms with Crippen molar-refractivity contribution >= 4 is 27.3 Å². The second kappa shape index (κ2) is 6.01. The van der Waals surface area contributed by atoms with Crippen molar-refractivity contribution in [2.24, 2.45) is 0 Å². The molecule has 0 aliphatic carbocycles. The Morgan fingerprint density at radius 3 is 3.20 bits per heavy atom. The first kappa shape index (κ1) is 13.7. The Kier molecular flexibility index (Phi) is 4.12. The van der Waals surface area contributed by atoms with Crippen molar-refractivity contribution in [1.82, 2.24) is 20.4 Å². The summed E-state index contributed by atoms with van der Waals surface area (Å²) in [5.74, 6) is 1.08. The number of aromatic nitrogens is 2. The molecule has 1 unspecified atom stereocenters. The van der Waals surface area contributed by atoms with Gasteiger partial charge in [-0.05, 0) is 28.1 Å². The number of nitrogens with zero attached hydrogens (tertiary/aromatic N) is 4. The average Bonchev–Trinajstić information content (AvgIpc) is 3.08. The molecule has 0 aromatic carbocycles. The zero-order valence-corrected chi connectivity index (χ0v) is 12.9. The molecule has 2 aromatic rings. The van der Waals surface area contributed by atoms with E-state index in [4.69, 9.17) is 9.68 Å². The van der Waals surface area contributed by atoms with Gasteiger partial charge in [-0.3, -0.25) is 4.90 Å². The first-order valence-corrected chi connectivity index (χ1v) is 7.79. The summed E-state index contributed by atoms with van der Waals surface area (Å²) in [6, 6.07) is 6.03. The summed E-state index contributed by atoms with van der Waals surface area (Å²) in [6.07, 6.45) is 0. The summed E-state index contributed by atoms with van der Waals surface area (Å²) >= 11 is 4.96. The molecule has 0 spiro atoms. The van der Waals surface area contributed by atoms with Crippen LogP contribution < -0.4 is 5.32 Å². The molecule has 0 bridgehead atoms. The van der Waals surface area contributed by atoms with Gasteiger partial charge in [0.2, 0.25) is 5.89 Å². The van der Waals surface area contributed by atoms with E-state index in [1.807, 2.05) is 12.1 Å². The van der Waals surface area contributed by atoms with E-state index in [2.05, 4.69) is 42.4 Å². The lowest BCUT2D eigenvalue weighted by Gasteiger charge is -2.30. The molecular weight excluding hydrogens is 342 g/mol. The van der Waals surface area contributed by atoms with Crippen molar-refractivity contribution in [2.75, 3.05) is 19.6 Å². The fourth-order valence-electron chi connectivity index (χ4n) is 2.08. The summed E-state index contributed by atoms with van der Waals surface area (Å²) < 4.78 is 6.70. The Hall–Kier alpha value is -1.27. The number of hydrogen-bond donors (Lipinski definition) is 1. The van der Waals surface area contributed by atoms with Gasteiger partial charge in [-0.15, -0.1) is 21.5 Å². The Morgan fingerprint density at radius 2 is 2.45 bits per heavy atom. The number of piperazine rings is 1. The molecule has 1 N–H and O–H groups in total. The molecule has 20 heavy (non-hydrogen) atoms. The van der Waals surface area contributed by atoms with Crippen LogP contribution in [-0.4, -0.2) is 40.8 Å². The summed E-state index contributed by atoms with van der Waals surface area (Å²) in [6.45, 7) is 2.87. The molecule has 1 saturated heterocycles. The number of nitriles is 1. The van der Waals surface area contributed by atoms with Crippen molar-refractivity contribution in [3.63, 3.8) is 0 Å². The smallest absolute Gasteiger partial charge is 0.257 e. The van der Waals surface area contributed by atoms with Crippen molar-refractivity contribution < 1.29 is 4.42 Å². The first-order chi connectivity index (χ1) is 9.76. The number of rotatable bonds is 3. The van der Waals surface area contributed by atoms with Crippen LogP contribution in [0.15, 0.2) is 20.3 Å². The zero-order valence-electron chi connectivity index (χ0n) is 10.5. The van der Waals surface area contributed by atoms with Gasteiger partial charge in [0.1, 0.15) is 6.04 Å². The molecule has 1 atom stereocenters. The highest BCUT2D eigenvalue weighted by Crippen LogP contribution is 2.30. The highest BCUT2D eigenvalue weighted by atomic mass is 79.9. The van der Waals surface area contributed by atoms with E-state index >= 15 is 0 Å². The molecule has 0 amide bonds. The van der Waals surface area contributed by atoms with Gasteiger partial charge in [-0.2, -0.15) is 5.26 Å². The zero-order chi connectivity index (χ0) is 13.9. The van der Waals surface area contributed by atoms with Gasteiger partial charge in [-0.25, -0.2) is 0 Å². The lowest BCUT2D eigenvalue weighted by Crippen LogP contribution is -2.50. The van der Waals surface area contributed by atoms with Crippen LogP contribution in [0.5, 0.6) is 0 Å². The van der Waals surface area contributed by atoms with Crippen molar-refractivity contribution in [3.05, 3.63) is 21.8 Å². The maximum Gasteiger partial charge on any atom is 0.257 e. The van der Waals surface area contributed by atoms with Crippen LogP contribution in [0.3, 0.4) is 0 Å². The number of nitrogens with one attached hydrogen (secondary N) is 1. The molecule has 3 rings (SSSR count). The van der Waals surface area contributed by atoms with Crippen LogP contribution in [0.2, 0.25) is 0 Å². The Balaban J connectivity index is 1.72. The highest BCUT2D eigenvalue weighted by Gasteiger charge is 2.23. The molecule has 1 aliphatic rings. The molecule has 2 aromatic heterocycles. The third kappa shape index (κ3) is 2.91. The van der Waals surface area contributed by atoms with E-state index in [-0.39, 0.29) is 6.04 Å². The van der Waals surface area contributed by atoms with Crippen molar-refractivity contribution in [3.8, 4) is 16.8 Å². The maximum atomic E-state index is 9.12. The minimum atomic E-state index is -0.144. The van der Waals surface area contributed by atoms with E-state index in [0.29, 0.717) is 24.9 Å². The number of thiophene rings is 1. The van der Waals surface area contributed by atoms with Gasteiger partial charge in [0.25, 0.3) is 5.89 Å². The van der Waals surface area contributed by atoms with Gasteiger partial charge < -0.3 is 9.73 Å². The molecule has 1 fully saturated rings. The van der Waals surface area contributed by atoms with Crippen LogP contribution >= 0.6 is 27.3 Å². The second-order valence-corrected chi connectivity index (χ2v) is 6.89. The van der Waals surface area contributed by atoms with Gasteiger partial charge in [0, 0.05) is 19.6 Å². The third-order valence-corrected chi connectivity index (χ3v) is 4.70. The second-order valence-electron chi connectivity index (χ2n) is 4.42. The third-order valence-electron chi connectivity index (χ3n) is 3.09. The van der Waals surface area contributed by atoms with Gasteiger partial charge >= 0.3 is 0 Å². The van der Waals surface area contributed by atoms with E-state index in [1.165, 1.54) is 0 Å². The van der Waals surface area contributed by atoms with Crippen molar-refractivity contribution in [2.45, 2.75) is 12.6 Å². The van der Waals surface area contributed by atoms with Crippen molar-refractivity contribution in [1.29, 1.82) is 5.26 Å². The molecule has 8 heteroatoms. The summed E-state index contributed by atoms with van der Waals surface area (Å²) in [7, 11) is 0. The normalized spacial score (nSPS) is 19.9. The number of hydrogen-bond acceptors (Lipinski definition) is 7. The Labute approximate surface area is 128 Å². The molecule has 3 heterocycles. The first-order valence-electron chi connectivity index (χ1n) is 6.19. The molecule has 0 saturated carbocycles. The van der Waals surface area contributed by atoms with E-state index < -0.39 is 0 Å². The van der Waals surface area contributed by atoms with E-state index in [9.17, 15) is 0 Å². The standard InChI is InChI=1S/C12H12BrN5OS/c13-10-2-1-9(20-10)12-17-16-11(19-12)7-18-4-3-15-6-8(18)5-14/h1-2,8,15H,3-4,6-7H2. The summed E-state index contributed by atoms with van der Waals surface area (Å²) in [5, 5.41) is 20.5. The molecular formula is C12H12BrN5OS. The molecule has 104 valence electrons. The quantitative estimate of drug-likeness (QED) is 0.907. The summed E-state index contributed by atoms with van der Waals surface area (Å²) in [5.41, 5.74) is 0. The molecule has 6 nitrogen and oxygen atoms in total. The molecule has 0 radical (unpaired) electrons. The van der Waals surface area contributed by atoms with Gasteiger partial charge in [0.05, 0.1) is 21.3 Å². The van der Waals surface area contributed by atoms with Crippen LogP contribution in [0.4, 0.5) is 0 Å². The van der Waals surface area contributed by atoms with Gasteiger partial charge in [-0.1, -0.05) is 0 Å². The Morgan fingerprint density at radius 1 is 1.55 bits per heavy atom. The number of halogens is 1. The maximum absolute atomic E-state index is 9.12. The topological polar surface area (TPSA) is 78.0 Å². The fourth-order valence-corrected chi connectivity index (χ4v) is 3.39. The largest absolute Gasteiger partial charge is 0.419 e. The SMILES string of the molecule is N#CC1CNCCN1Cc1nnc(-c2ccc(Br)s2)o1. The van der Waals surface area contributed by atoms with E-state index in [1.54, 1.807) is 11.3 Å². The van der Waals surface area contributed by atoms with Gasteiger partial charge in [0.15, 0.2) is 0 Å². The predicted molar refractivity (Wildman–Crippen MR) is 78.0 cm³/mol. The van der Waals surface area contributed by atoms with Crippen LogP contribution in [-0.2, 0) is 6.54 Å². The minimum Gasteiger partial charge on any atom is -0.419 e. The predicted octanol–water partition coefficient (Wildman–Crippen LogP) is 1.86. The van der Waals surface area contributed by atoms with Crippen LogP contribution in [0.1, 0.15) is 5.89 Å². The highest BCUT2D eigenvalue weighted by molar-refractivity contribution is 9.11. The minimum absolute atomic E-state index is 0.144.